The molecule has 0 atom stereocenters. The molecule has 0 aromatic carbocycles. The molecule has 0 saturated carbocycles. The molecule has 3 heterocycles. The third-order valence-corrected chi connectivity index (χ3v) is 6.17. The van der Waals surface area contributed by atoms with Crippen molar-refractivity contribution in [2.45, 2.75) is 32.7 Å². The normalized spacial score (nSPS) is 18.9. The third kappa shape index (κ3) is 7.03. The zero-order valence-electron chi connectivity index (χ0n) is 18.5. The van der Waals surface area contributed by atoms with Crippen LogP contribution in [-0.2, 0) is 21.5 Å². The summed E-state index contributed by atoms with van der Waals surface area (Å²) in [5.74, 6) is 1.11. The van der Waals surface area contributed by atoms with E-state index in [9.17, 15) is 4.79 Å². The number of carbonyl (C=O) groups is 1. The van der Waals surface area contributed by atoms with Crippen LogP contribution in [0.25, 0.3) is 0 Å². The van der Waals surface area contributed by atoms with Crippen LogP contribution in [0.5, 0.6) is 0 Å². The molecule has 3 rings (SSSR count). The highest BCUT2D eigenvalue weighted by atomic mass is 127. The largest absolute Gasteiger partial charge is 0.378 e. The van der Waals surface area contributed by atoms with Gasteiger partial charge in [-0.15, -0.1) is 35.3 Å². The Bertz CT molecular complexity index is 706. The molecule has 1 amide bonds. The summed E-state index contributed by atoms with van der Waals surface area (Å²) >= 11 is 1.69. The van der Waals surface area contributed by atoms with Gasteiger partial charge in [0.25, 0.3) is 0 Å². The molecule has 170 valence electrons. The van der Waals surface area contributed by atoms with E-state index in [4.69, 9.17) is 9.72 Å². The monoisotopic (exact) mass is 550 g/mol. The molecule has 0 unspecified atom stereocenters. The Morgan fingerprint density at radius 1 is 1.17 bits per heavy atom. The molecule has 10 heteroatoms. The van der Waals surface area contributed by atoms with Crippen LogP contribution in [0.4, 0.5) is 0 Å². The minimum Gasteiger partial charge on any atom is -0.378 e. The lowest BCUT2D eigenvalue weighted by molar-refractivity contribution is -0.136. The minimum atomic E-state index is 0. The number of nitrogens with one attached hydrogen (secondary N) is 1. The van der Waals surface area contributed by atoms with Crippen LogP contribution in [0, 0.1) is 0 Å². The molecule has 2 fully saturated rings. The first-order valence-corrected chi connectivity index (χ1v) is 11.2. The molecule has 1 N–H and O–H groups in total. The molecule has 0 spiro atoms. The minimum absolute atomic E-state index is 0. The molecular formula is C20H35IN6O2S. The van der Waals surface area contributed by atoms with Gasteiger partial charge in [-0.1, -0.05) is 20.8 Å². The fraction of sp³-hybridized carbons (Fsp3) is 0.750. The molecule has 0 radical (unpaired) electrons. The maximum atomic E-state index is 12.4. The number of hydrogen-bond acceptors (Lipinski definition) is 6. The number of hydrogen-bond donors (Lipinski definition) is 1. The van der Waals surface area contributed by atoms with Crippen LogP contribution < -0.4 is 5.32 Å². The van der Waals surface area contributed by atoms with E-state index < -0.39 is 0 Å². The summed E-state index contributed by atoms with van der Waals surface area (Å²) in [4.78, 5) is 28.0. The highest BCUT2D eigenvalue weighted by Crippen LogP contribution is 2.23. The molecule has 2 saturated heterocycles. The van der Waals surface area contributed by atoms with Gasteiger partial charge in [-0.2, -0.15) is 0 Å². The van der Waals surface area contributed by atoms with E-state index in [1.807, 2.05) is 11.9 Å². The van der Waals surface area contributed by atoms with Crippen molar-refractivity contribution in [3.63, 3.8) is 0 Å². The van der Waals surface area contributed by atoms with E-state index >= 15 is 0 Å². The van der Waals surface area contributed by atoms with Gasteiger partial charge in [0.1, 0.15) is 5.01 Å². The summed E-state index contributed by atoms with van der Waals surface area (Å²) in [5.41, 5.74) is 1.21. The predicted molar refractivity (Wildman–Crippen MR) is 132 cm³/mol. The van der Waals surface area contributed by atoms with Gasteiger partial charge in [0.05, 0.1) is 32.0 Å². The summed E-state index contributed by atoms with van der Waals surface area (Å²) < 4.78 is 5.33. The van der Waals surface area contributed by atoms with Crippen LogP contribution in [-0.4, -0.2) is 97.6 Å². The molecule has 2 aliphatic heterocycles. The predicted octanol–water partition coefficient (Wildman–Crippen LogP) is 1.61. The summed E-state index contributed by atoms with van der Waals surface area (Å²) in [6.45, 7) is 13.9. The van der Waals surface area contributed by atoms with Gasteiger partial charge < -0.3 is 19.9 Å². The fourth-order valence-corrected chi connectivity index (χ4v) is 4.41. The molecule has 2 aliphatic rings. The van der Waals surface area contributed by atoms with E-state index in [1.165, 1.54) is 0 Å². The number of aromatic nitrogens is 1. The second-order valence-corrected chi connectivity index (χ2v) is 9.48. The summed E-state index contributed by atoms with van der Waals surface area (Å²) in [7, 11) is 1.82. The van der Waals surface area contributed by atoms with Crippen LogP contribution in [0.3, 0.4) is 0 Å². The Labute approximate surface area is 201 Å². The number of ether oxygens (including phenoxy) is 1. The van der Waals surface area contributed by atoms with E-state index in [2.05, 4.69) is 46.3 Å². The first kappa shape index (κ1) is 25.3. The molecular weight excluding hydrogens is 515 g/mol. The number of thiazole rings is 1. The lowest BCUT2D eigenvalue weighted by Crippen LogP contribution is -2.54. The van der Waals surface area contributed by atoms with Gasteiger partial charge in [0, 0.05) is 57.1 Å². The SMILES string of the molecule is CN=C(NCc1nc(C(C)(C)C)cs1)N1CCN(CC(=O)N2CCOCC2)CC1.I. The van der Waals surface area contributed by atoms with E-state index in [0.717, 1.165) is 42.8 Å². The highest BCUT2D eigenvalue weighted by Gasteiger charge is 2.24. The van der Waals surface area contributed by atoms with E-state index in [-0.39, 0.29) is 35.3 Å². The average Bonchev–Trinajstić information content (AvgIpc) is 3.20. The van der Waals surface area contributed by atoms with Crippen molar-refractivity contribution in [2.24, 2.45) is 4.99 Å². The van der Waals surface area contributed by atoms with Crippen molar-refractivity contribution in [3.05, 3.63) is 16.1 Å². The Morgan fingerprint density at radius 3 is 2.40 bits per heavy atom. The molecule has 1 aromatic heterocycles. The first-order valence-electron chi connectivity index (χ1n) is 10.3. The topological polar surface area (TPSA) is 73.3 Å². The Hall–Kier alpha value is -0.980. The van der Waals surface area contributed by atoms with Crippen molar-refractivity contribution in [3.8, 4) is 0 Å². The zero-order valence-corrected chi connectivity index (χ0v) is 21.7. The fourth-order valence-electron chi connectivity index (χ4n) is 3.45. The number of guanidine groups is 1. The molecule has 1 aromatic rings. The number of carbonyl (C=O) groups excluding carboxylic acids is 1. The quantitative estimate of drug-likeness (QED) is 0.349. The van der Waals surface area contributed by atoms with Crippen molar-refractivity contribution < 1.29 is 9.53 Å². The van der Waals surface area contributed by atoms with Gasteiger partial charge in [0.2, 0.25) is 5.91 Å². The van der Waals surface area contributed by atoms with Crippen molar-refractivity contribution >= 4 is 47.2 Å². The standard InChI is InChI=1S/C20H34N6O2S.HI/c1-20(2,3)16-15-29-17(23-16)13-22-19(21-4)26-7-5-24(6-8-26)14-18(27)25-9-11-28-12-10-25;/h15H,5-14H2,1-4H3,(H,21,22);1H. The molecule has 30 heavy (non-hydrogen) atoms. The summed E-state index contributed by atoms with van der Waals surface area (Å²) in [5, 5.41) is 6.66. The van der Waals surface area contributed by atoms with Crippen LogP contribution >= 0.6 is 35.3 Å². The highest BCUT2D eigenvalue weighted by molar-refractivity contribution is 14.0. The van der Waals surface area contributed by atoms with Gasteiger partial charge in [-0.05, 0) is 0 Å². The van der Waals surface area contributed by atoms with Crippen molar-refractivity contribution in [1.82, 2.24) is 25.0 Å². The second-order valence-electron chi connectivity index (χ2n) is 8.53. The third-order valence-electron chi connectivity index (χ3n) is 5.32. The summed E-state index contributed by atoms with van der Waals surface area (Å²) in [6, 6.07) is 0. The van der Waals surface area contributed by atoms with Gasteiger partial charge >= 0.3 is 0 Å². The van der Waals surface area contributed by atoms with Gasteiger partial charge in [-0.3, -0.25) is 14.7 Å². The van der Waals surface area contributed by atoms with Crippen LogP contribution in [0.1, 0.15) is 31.5 Å². The van der Waals surface area contributed by atoms with Crippen LogP contribution in [0.15, 0.2) is 10.4 Å². The van der Waals surface area contributed by atoms with Gasteiger partial charge in [-0.25, -0.2) is 4.98 Å². The lowest BCUT2D eigenvalue weighted by atomic mass is 9.93. The lowest BCUT2D eigenvalue weighted by Gasteiger charge is -2.37. The number of halogens is 1. The Kier molecular flexibility index (Phi) is 9.76. The van der Waals surface area contributed by atoms with Crippen LogP contribution in [0.2, 0.25) is 0 Å². The Morgan fingerprint density at radius 2 is 1.83 bits per heavy atom. The van der Waals surface area contributed by atoms with E-state index in [0.29, 0.717) is 39.4 Å². The average molecular weight is 551 g/mol. The second kappa shape index (κ2) is 11.6. The number of amides is 1. The molecule has 0 bridgehead atoms. The number of morpholine rings is 1. The first-order chi connectivity index (χ1) is 13.9. The smallest absolute Gasteiger partial charge is 0.236 e. The zero-order chi connectivity index (χ0) is 20.9. The number of aliphatic imine (C=N–C) groups is 1. The van der Waals surface area contributed by atoms with Crippen molar-refractivity contribution in [1.29, 1.82) is 0 Å². The molecule has 0 aliphatic carbocycles. The number of rotatable bonds is 4. The van der Waals surface area contributed by atoms with Gasteiger partial charge in [0.15, 0.2) is 5.96 Å². The van der Waals surface area contributed by atoms with E-state index in [1.54, 1.807) is 11.3 Å². The molecule has 8 nitrogen and oxygen atoms in total. The summed E-state index contributed by atoms with van der Waals surface area (Å²) in [6.07, 6.45) is 0. The Balaban J connectivity index is 0.00000320. The number of nitrogens with zero attached hydrogens (tertiary/aromatic N) is 5. The maximum absolute atomic E-state index is 12.4. The number of piperazine rings is 1. The van der Waals surface area contributed by atoms with Crippen molar-refractivity contribution in [2.75, 3.05) is 66.1 Å². The maximum Gasteiger partial charge on any atom is 0.236 e.